The number of hydrogen-bond donors (Lipinski definition) is 2. The third-order valence-corrected chi connectivity index (χ3v) is 4.90. The lowest BCUT2D eigenvalue weighted by Crippen LogP contribution is -2.44. The molecule has 5 heteroatoms. The molecule has 2 N–H and O–H groups in total. The minimum Gasteiger partial charge on any atom is -0.481 e. The second kappa shape index (κ2) is 6.26. The van der Waals surface area contributed by atoms with Gasteiger partial charge in [0.15, 0.2) is 0 Å². The van der Waals surface area contributed by atoms with E-state index < -0.39 is 5.97 Å². The van der Waals surface area contributed by atoms with Crippen LogP contribution in [0, 0.1) is 5.92 Å². The summed E-state index contributed by atoms with van der Waals surface area (Å²) in [5.74, 6) is -0.695. The summed E-state index contributed by atoms with van der Waals surface area (Å²) in [5.41, 5.74) is 2.01. The van der Waals surface area contributed by atoms with E-state index in [0.717, 1.165) is 50.3 Å². The molecular formula is C17H23NO4. The van der Waals surface area contributed by atoms with Crippen molar-refractivity contribution in [2.45, 2.75) is 30.8 Å². The molecular weight excluding hydrogens is 282 g/mol. The van der Waals surface area contributed by atoms with Gasteiger partial charge in [0.05, 0.1) is 11.5 Å². The highest BCUT2D eigenvalue weighted by Crippen LogP contribution is 2.47. The zero-order chi connectivity index (χ0) is 15.6. The first-order chi connectivity index (χ1) is 10.6. The lowest BCUT2D eigenvalue weighted by molar-refractivity contribution is -0.138. The summed E-state index contributed by atoms with van der Waals surface area (Å²) in [5, 5.41) is 12.4. The number of methoxy groups -OCH3 is 1. The van der Waals surface area contributed by atoms with E-state index in [1.807, 2.05) is 24.3 Å². The van der Waals surface area contributed by atoms with E-state index in [1.54, 1.807) is 7.11 Å². The van der Waals surface area contributed by atoms with Crippen molar-refractivity contribution >= 4 is 11.7 Å². The van der Waals surface area contributed by atoms with Gasteiger partial charge >= 0.3 is 5.97 Å². The molecule has 2 fully saturated rings. The minimum atomic E-state index is -0.686. The van der Waals surface area contributed by atoms with Crippen molar-refractivity contribution in [1.29, 1.82) is 0 Å². The van der Waals surface area contributed by atoms with Gasteiger partial charge in [-0.15, -0.1) is 0 Å². The summed E-state index contributed by atoms with van der Waals surface area (Å²) < 4.78 is 11.1. The van der Waals surface area contributed by atoms with Gasteiger partial charge in [-0.1, -0.05) is 12.1 Å². The fourth-order valence-electron chi connectivity index (χ4n) is 3.14. The van der Waals surface area contributed by atoms with Gasteiger partial charge in [0.2, 0.25) is 0 Å². The number of rotatable bonds is 6. The number of nitrogens with one attached hydrogen (secondary N) is 1. The van der Waals surface area contributed by atoms with Crippen molar-refractivity contribution < 1.29 is 19.4 Å². The molecule has 1 aliphatic heterocycles. The van der Waals surface area contributed by atoms with Crippen LogP contribution < -0.4 is 5.32 Å². The van der Waals surface area contributed by atoms with Crippen LogP contribution in [0.2, 0.25) is 0 Å². The van der Waals surface area contributed by atoms with Crippen LogP contribution in [-0.4, -0.2) is 43.5 Å². The third kappa shape index (κ3) is 3.25. The Morgan fingerprint density at radius 1 is 1.36 bits per heavy atom. The van der Waals surface area contributed by atoms with Gasteiger partial charge in [0.25, 0.3) is 0 Å². The minimum absolute atomic E-state index is 0.151. The number of aliphatic carboxylic acids is 1. The van der Waals surface area contributed by atoms with Gasteiger partial charge in [0, 0.05) is 45.4 Å². The molecule has 1 aromatic carbocycles. The maximum Gasteiger partial charge on any atom is 0.307 e. The Balaban J connectivity index is 1.56. The number of carbonyl (C=O) groups is 1. The number of anilines is 1. The first kappa shape index (κ1) is 15.3. The molecule has 1 saturated carbocycles. The van der Waals surface area contributed by atoms with Gasteiger partial charge in [-0.05, 0) is 30.0 Å². The third-order valence-electron chi connectivity index (χ3n) is 4.90. The Kier molecular flexibility index (Phi) is 4.36. The Labute approximate surface area is 130 Å². The normalized spacial score (nSPS) is 26.4. The average Bonchev–Trinajstić information content (AvgIpc) is 3.35. The monoisotopic (exact) mass is 305 g/mol. The molecule has 2 atom stereocenters. The Morgan fingerprint density at radius 2 is 2.05 bits per heavy atom. The van der Waals surface area contributed by atoms with Crippen molar-refractivity contribution in [3.63, 3.8) is 0 Å². The van der Waals surface area contributed by atoms with Crippen LogP contribution in [0.1, 0.15) is 30.7 Å². The van der Waals surface area contributed by atoms with Crippen LogP contribution in [0.4, 0.5) is 5.69 Å². The van der Waals surface area contributed by atoms with E-state index in [2.05, 4.69) is 5.32 Å². The van der Waals surface area contributed by atoms with E-state index in [4.69, 9.17) is 14.6 Å². The predicted octanol–water partition coefficient (Wildman–Crippen LogP) is 2.48. The van der Waals surface area contributed by atoms with Gasteiger partial charge in [-0.3, -0.25) is 4.79 Å². The van der Waals surface area contributed by atoms with E-state index >= 15 is 0 Å². The number of ether oxygens (including phenoxy) is 2. The second-order valence-corrected chi connectivity index (χ2v) is 6.26. The summed E-state index contributed by atoms with van der Waals surface area (Å²) in [4.78, 5) is 10.9. The molecule has 22 heavy (non-hydrogen) atoms. The fraction of sp³-hybridized carbons (Fsp3) is 0.588. The molecule has 0 unspecified atom stereocenters. The fourth-order valence-corrected chi connectivity index (χ4v) is 3.14. The van der Waals surface area contributed by atoms with Crippen LogP contribution in [0.25, 0.3) is 0 Å². The molecule has 3 rings (SSSR count). The second-order valence-electron chi connectivity index (χ2n) is 6.26. The summed E-state index contributed by atoms with van der Waals surface area (Å²) in [7, 11) is 1.76. The maximum atomic E-state index is 10.9. The summed E-state index contributed by atoms with van der Waals surface area (Å²) in [6.07, 6.45) is 2.56. The molecule has 0 bridgehead atoms. The van der Waals surface area contributed by atoms with E-state index in [0.29, 0.717) is 0 Å². The zero-order valence-electron chi connectivity index (χ0n) is 12.9. The molecule has 5 nitrogen and oxygen atoms in total. The first-order valence-electron chi connectivity index (χ1n) is 7.83. The van der Waals surface area contributed by atoms with Crippen molar-refractivity contribution in [2.24, 2.45) is 5.92 Å². The van der Waals surface area contributed by atoms with Crippen molar-refractivity contribution in [1.82, 2.24) is 0 Å². The standard InChI is InChI=1S/C17H23NO4/c1-21-17(6-8-22-9-7-17)11-18-13-4-2-12(3-5-13)14-10-15(14)16(19)20/h2-5,14-15,18H,6-11H2,1H3,(H,19,20)/t14-,15+/m0/s1. The van der Waals surface area contributed by atoms with Gasteiger partial charge in [-0.25, -0.2) is 0 Å². The first-order valence-corrected chi connectivity index (χ1v) is 7.83. The Hall–Kier alpha value is -1.59. The molecule has 1 heterocycles. The molecule has 120 valence electrons. The SMILES string of the molecule is COC1(CNc2ccc([C@@H]3C[C@H]3C(=O)O)cc2)CCOCC1. The van der Waals surface area contributed by atoms with Gasteiger partial charge in [-0.2, -0.15) is 0 Å². The van der Waals surface area contributed by atoms with Crippen LogP contribution in [-0.2, 0) is 14.3 Å². The summed E-state index contributed by atoms with van der Waals surface area (Å²) in [6, 6.07) is 8.10. The summed E-state index contributed by atoms with van der Waals surface area (Å²) in [6.45, 7) is 2.24. The van der Waals surface area contributed by atoms with Gasteiger partial charge < -0.3 is 19.9 Å². The summed E-state index contributed by atoms with van der Waals surface area (Å²) >= 11 is 0. The zero-order valence-corrected chi connectivity index (χ0v) is 12.9. The molecule has 0 radical (unpaired) electrons. The predicted molar refractivity (Wildman–Crippen MR) is 83.2 cm³/mol. The molecule has 1 aliphatic carbocycles. The molecule has 1 saturated heterocycles. The van der Waals surface area contributed by atoms with Crippen molar-refractivity contribution in [2.75, 3.05) is 32.2 Å². The van der Waals surface area contributed by atoms with E-state index in [1.165, 1.54) is 0 Å². The molecule has 0 aromatic heterocycles. The molecule has 0 amide bonds. The van der Waals surface area contributed by atoms with Crippen molar-refractivity contribution in [3.8, 4) is 0 Å². The van der Waals surface area contributed by atoms with Crippen LogP contribution in [0.5, 0.6) is 0 Å². The number of hydrogen-bond acceptors (Lipinski definition) is 4. The number of carboxylic acids is 1. The van der Waals surface area contributed by atoms with Crippen LogP contribution >= 0.6 is 0 Å². The molecule has 2 aliphatic rings. The van der Waals surface area contributed by atoms with Crippen LogP contribution in [0.15, 0.2) is 24.3 Å². The highest BCUT2D eigenvalue weighted by atomic mass is 16.5. The average molecular weight is 305 g/mol. The van der Waals surface area contributed by atoms with Crippen LogP contribution in [0.3, 0.4) is 0 Å². The van der Waals surface area contributed by atoms with E-state index in [9.17, 15) is 4.79 Å². The highest BCUT2D eigenvalue weighted by molar-refractivity contribution is 5.75. The quantitative estimate of drug-likeness (QED) is 0.845. The van der Waals surface area contributed by atoms with E-state index in [-0.39, 0.29) is 17.4 Å². The largest absolute Gasteiger partial charge is 0.481 e. The molecule has 0 spiro atoms. The number of benzene rings is 1. The Bertz CT molecular complexity index is 522. The smallest absolute Gasteiger partial charge is 0.307 e. The highest BCUT2D eigenvalue weighted by Gasteiger charge is 2.44. The van der Waals surface area contributed by atoms with Gasteiger partial charge in [0.1, 0.15) is 0 Å². The van der Waals surface area contributed by atoms with Crippen molar-refractivity contribution in [3.05, 3.63) is 29.8 Å². The Morgan fingerprint density at radius 3 is 2.59 bits per heavy atom. The lowest BCUT2D eigenvalue weighted by Gasteiger charge is -2.36. The molecule has 1 aromatic rings. The number of carboxylic acid groups (broad SMARTS) is 1. The maximum absolute atomic E-state index is 10.9. The lowest BCUT2D eigenvalue weighted by atomic mass is 9.94. The topological polar surface area (TPSA) is 67.8 Å².